The minimum Gasteiger partial charge on any atom is -0.492 e. The normalized spacial score (nSPS) is 27.4. The van der Waals surface area contributed by atoms with E-state index in [1.807, 2.05) is 6.07 Å². The lowest BCUT2D eigenvalue weighted by molar-refractivity contribution is 0.307. The maximum Gasteiger partial charge on any atom is 0.247 e. The fourth-order valence-corrected chi connectivity index (χ4v) is 7.17. The molecule has 0 radical (unpaired) electrons. The molecule has 1 aliphatic carbocycles. The highest BCUT2D eigenvalue weighted by Gasteiger charge is 2.47. The average Bonchev–Trinajstić information content (AvgIpc) is 3.22. The van der Waals surface area contributed by atoms with Gasteiger partial charge in [-0.1, -0.05) is 12.1 Å². The van der Waals surface area contributed by atoms with Crippen molar-refractivity contribution in [1.29, 1.82) is 0 Å². The summed E-state index contributed by atoms with van der Waals surface area (Å²) in [6.07, 6.45) is 2.50. The van der Waals surface area contributed by atoms with Gasteiger partial charge in [-0.25, -0.2) is 16.8 Å². The van der Waals surface area contributed by atoms with Crippen LogP contribution < -0.4 is 4.74 Å². The Morgan fingerprint density at radius 2 is 2.00 bits per heavy atom. The van der Waals surface area contributed by atoms with E-state index in [4.69, 9.17) is 4.74 Å². The molecule has 1 aromatic carbocycles. The highest BCUT2D eigenvalue weighted by atomic mass is 32.2. The first kappa shape index (κ1) is 15.4. The molecule has 23 heavy (non-hydrogen) atoms. The molecule has 1 saturated carbocycles. The van der Waals surface area contributed by atoms with E-state index in [0.717, 1.165) is 18.4 Å². The highest BCUT2D eigenvalue weighted by Crippen LogP contribution is 2.41. The number of nitrogens with zero attached hydrogens (tertiary/aromatic N) is 1. The first-order valence-electron chi connectivity index (χ1n) is 7.85. The molecule has 0 amide bonds. The number of sulfone groups is 1. The fraction of sp³-hybridized carbons (Fsp3) is 0.600. The van der Waals surface area contributed by atoms with Gasteiger partial charge in [-0.2, -0.15) is 4.31 Å². The maximum atomic E-state index is 13.2. The van der Waals surface area contributed by atoms with Crippen molar-refractivity contribution in [3.8, 4) is 5.75 Å². The van der Waals surface area contributed by atoms with Crippen molar-refractivity contribution in [3.05, 3.63) is 23.8 Å². The molecule has 0 spiro atoms. The molecule has 4 rings (SSSR count). The number of sulfonamides is 1. The van der Waals surface area contributed by atoms with Gasteiger partial charge in [0.2, 0.25) is 10.0 Å². The number of fused-ring (bicyclic) bond motifs is 1. The van der Waals surface area contributed by atoms with E-state index in [1.165, 1.54) is 4.31 Å². The molecule has 3 aliphatic rings. The predicted molar refractivity (Wildman–Crippen MR) is 84.7 cm³/mol. The third-order valence-corrected chi connectivity index (χ3v) is 8.45. The van der Waals surface area contributed by atoms with Crippen molar-refractivity contribution in [3.63, 3.8) is 0 Å². The molecule has 2 heterocycles. The van der Waals surface area contributed by atoms with Crippen molar-refractivity contribution in [2.24, 2.45) is 5.92 Å². The zero-order chi connectivity index (χ0) is 16.2. The molecule has 0 aromatic heterocycles. The van der Waals surface area contributed by atoms with Crippen molar-refractivity contribution in [2.75, 3.05) is 24.7 Å². The molecule has 0 bridgehead atoms. The summed E-state index contributed by atoms with van der Waals surface area (Å²) in [5.74, 6) is 0.436. The van der Waals surface area contributed by atoms with E-state index < -0.39 is 25.9 Å². The molecular weight excluding hydrogens is 338 g/mol. The molecule has 2 fully saturated rings. The Balaban J connectivity index is 1.75. The summed E-state index contributed by atoms with van der Waals surface area (Å²) in [4.78, 5) is 0.178. The van der Waals surface area contributed by atoms with Gasteiger partial charge >= 0.3 is 0 Å². The molecule has 1 saturated heterocycles. The molecule has 8 heteroatoms. The van der Waals surface area contributed by atoms with Gasteiger partial charge in [0.15, 0.2) is 9.84 Å². The minimum atomic E-state index is -3.75. The van der Waals surface area contributed by atoms with E-state index in [0.29, 0.717) is 18.8 Å². The molecular formula is C15H19NO5S2. The molecule has 1 aromatic rings. The smallest absolute Gasteiger partial charge is 0.247 e. The maximum absolute atomic E-state index is 13.2. The topological polar surface area (TPSA) is 80.8 Å². The molecule has 2 aliphatic heterocycles. The van der Waals surface area contributed by atoms with Gasteiger partial charge in [-0.3, -0.25) is 0 Å². The number of hydrogen-bond acceptors (Lipinski definition) is 5. The Kier molecular flexibility index (Phi) is 3.48. The Bertz CT molecular complexity index is 843. The van der Waals surface area contributed by atoms with Crippen LogP contribution in [0.15, 0.2) is 23.1 Å². The number of ether oxygens (including phenoxy) is 1. The number of rotatable bonds is 3. The van der Waals surface area contributed by atoms with Crippen LogP contribution in [0, 0.1) is 5.92 Å². The predicted octanol–water partition coefficient (Wildman–Crippen LogP) is 0.819. The standard InChI is InChI=1S/C15H19NO5S2/c17-22(18)9-7-16(13(10-22)11-4-5-11)23(19,20)14-3-1-2-12-6-8-21-15(12)14/h1-3,11,13H,4-10H2. The van der Waals surface area contributed by atoms with Gasteiger partial charge in [0.1, 0.15) is 10.6 Å². The monoisotopic (exact) mass is 357 g/mol. The second-order valence-corrected chi connectivity index (χ2v) is 10.6. The van der Waals surface area contributed by atoms with Crippen LogP contribution in [0.1, 0.15) is 18.4 Å². The van der Waals surface area contributed by atoms with E-state index in [-0.39, 0.29) is 28.9 Å². The van der Waals surface area contributed by atoms with Gasteiger partial charge in [-0.15, -0.1) is 0 Å². The van der Waals surface area contributed by atoms with E-state index in [9.17, 15) is 16.8 Å². The quantitative estimate of drug-likeness (QED) is 0.800. The lowest BCUT2D eigenvalue weighted by Crippen LogP contribution is -2.52. The summed E-state index contributed by atoms with van der Waals surface area (Å²) < 4.78 is 57.1. The summed E-state index contributed by atoms with van der Waals surface area (Å²) in [6.45, 7) is 0.526. The first-order valence-corrected chi connectivity index (χ1v) is 11.1. The third kappa shape index (κ3) is 2.66. The third-order valence-electron chi connectivity index (χ3n) is 4.85. The second kappa shape index (κ2) is 5.19. The largest absolute Gasteiger partial charge is 0.492 e. The lowest BCUT2D eigenvalue weighted by atomic mass is 10.2. The average molecular weight is 357 g/mol. The number of hydrogen-bond donors (Lipinski definition) is 0. The highest BCUT2D eigenvalue weighted by molar-refractivity contribution is 7.92. The van der Waals surface area contributed by atoms with E-state index in [2.05, 4.69) is 0 Å². The van der Waals surface area contributed by atoms with Crippen LogP contribution in [0.2, 0.25) is 0 Å². The van der Waals surface area contributed by atoms with Crippen molar-refractivity contribution < 1.29 is 21.6 Å². The molecule has 0 N–H and O–H groups in total. The summed E-state index contributed by atoms with van der Waals surface area (Å²) in [7, 11) is -6.91. The SMILES string of the molecule is O=S1(=O)CCN(S(=O)(=O)c2cccc3c2OCC3)C(C2CC2)C1. The fourth-order valence-electron chi connectivity index (χ4n) is 3.49. The van der Waals surface area contributed by atoms with Crippen LogP contribution in [0.3, 0.4) is 0 Å². The van der Waals surface area contributed by atoms with Gasteiger partial charge in [0, 0.05) is 19.0 Å². The molecule has 126 valence electrons. The second-order valence-electron chi connectivity index (χ2n) is 6.48. The number of para-hydroxylation sites is 1. The van der Waals surface area contributed by atoms with Crippen LogP contribution in [-0.4, -0.2) is 51.8 Å². The zero-order valence-corrected chi connectivity index (χ0v) is 14.3. The van der Waals surface area contributed by atoms with Gasteiger partial charge < -0.3 is 4.74 Å². The van der Waals surface area contributed by atoms with E-state index in [1.54, 1.807) is 12.1 Å². The summed E-state index contributed by atoms with van der Waals surface area (Å²) in [5.41, 5.74) is 0.902. The van der Waals surface area contributed by atoms with Crippen molar-refractivity contribution >= 4 is 19.9 Å². The molecule has 6 nitrogen and oxygen atoms in total. The van der Waals surface area contributed by atoms with Crippen LogP contribution in [-0.2, 0) is 26.3 Å². The summed E-state index contributed by atoms with van der Waals surface area (Å²) >= 11 is 0. The molecule has 1 atom stereocenters. The van der Waals surface area contributed by atoms with Crippen LogP contribution in [0.5, 0.6) is 5.75 Å². The van der Waals surface area contributed by atoms with Crippen LogP contribution in [0.25, 0.3) is 0 Å². The van der Waals surface area contributed by atoms with Gasteiger partial charge in [0.05, 0.1) is 18.1 Å². The Morgan fingerprint density at radius 1 is 1.22 bits per heavy atom. The van der Waals surface area contributed by atoms with Crippen LogP contribution >= 0.6 is 0 Å². The zero-order valence-electron chi connectivity index (χ0n) is 12.6. The van der Waals surface area contributed by atoms with Crippen molar-refractivity contribution in [1.82, 2.24) is 4.31 Å². The molecule has 1 unspecified atom stereocenters. The number of benzene rings is 1. The van der Waals surface area contributed by atoms with Gasteiger partial charge in [0.25, 0.3) is 0 Å². The van der Waals surface area contributed by atoms with Crippen LogP contribution in [0.4, 0.5) is 0 Å². The van der Waals surface area contributed by atoms with Gasteiger partial charge in [-0.05, 0) is 30.4 Å². The van der Waals surface area contributed by atoms with Crippen molar-refractivity contribution in [2.45, 2.75) is 30.2 Å². The lowest BCUT2D eigenvalue weighted by Gasteiger charge is -2.34. The summed E-state index contributed by atoms with van der Waals surface area (Å²) in [5, 5.41) is 0. The Morgan fingerprint density at radius 3 is 2.74 bits per heavy atom. The minimum absolute atomic E-state index is 0.0372. The Labute approximate surface area is 136 Å². The summed E-state index contributed by atoms with van der Waals surface area (Å²) in [6, 6.07) is 4.73. The van der Waals surface area contributed by atoms with E-state index >= 15 is 0 Å². The Hall–Kier alpha value is -1.12. The first-order chi connectivity index (χ1) is 10.9.